The quantitative estimate of drug-likeness (QED) is 0.789. The largest absolute Gasteiger partial charge is 0.351 e. The van der Waals surface area contributed by atoms with E-state index in [-0.39, 0.29) is 6.04 Å². The van der Waals surface area contributed by atoms with Gasteiger partial charge < -0.3 is 16.4 Å². The average Bonchev–Trinajstić information content (AvgIpc) is 2.46. The predicted octanol–water partition coefficient (Wildman–Crippen LogP) is 2.73. The number of anilines is 1. The van der Waals surface area contributed by atoms with Crippen LogP contribution in [0, 0.1) is 6.92 Å². The first-order chi connectivity index (χ1) is 10.1. The normalized spacial score (nSPS) is 11.9. The van der Waals surface area contributed by atoms with Crippen LogP contribution in [0.2, 0.25) is 0 Å². The van der Waals surface area contributed by atoms with E-state index in [4.69, 9.17) is 5.73 Å². The molecule has 2 rings (SSSR count). The molecule has 1 aromatic carbocycles. The van der Waals surface area contributed by atoms with Crippen molar-refractivity contribution in [3.8, 4) is 0 Å². The molecular weight excluding hydrogens is 264 g/mol. The molecule has 110 valence electrons. The molecule has 0 saturated carbocycles. The highest BCUT2D eigenvalue weighted by molar-refractivity contribution is 5.87. The van der Waals surface area contributed by atoms with E-state index in [9.17, 15) is 4.79 Å². The fourth-order valence-corrected chi connectivity index (χ4v) is 2.07. The first-order valence-corrected chi connectivity index (χ1v) is 6.86. The van der Waals surface area contributed by atoms with Crippen molar-refractivity contribution in [2.45, 2.75) is 26.4 Å². The number of amides is 2. The van der Waals surface area contributed by atoms with E-state index < -0.39 is 6.03 Å². The van der Waals surface area contributed by atoms with Gasteiger partial charge in [-0.2, -0.15) is 0 Å². The third-order valence-corrected chi connectivity index (χ3v) is 3.37. The first-order valence-electron chi connectivity index (χ1n) is 6.86. The fraction of sp³-hybridized carbons (Fsp3) is 0.250. The molecule has 0 spiro atoms. The van der Waals surface area contributed by atoms with Gasteiger partial charge in [0.05, 0.1) is 5.69 Å². The molecule has 21 heavy (non-hydrogen) atoms. The van der Waals surface area contributed by atoms with E-state index in [0.717, 1.165) is 17.8 Å². The van der Waals surface area contributed by atoms with Crippen molar-refractivity contribution < 1.29 is 4.79 Å². The van der Waals surface area contributed by atoms with Gasteiger partial charge in [0, 0.05) is 24.5 Å². The predicted molar refractivity (Wildman–Crippen MR) is 83.9 cm³/mol. The summed E-state index contributed by atoms with van der Waals surface area (Å²) in [7, 11) is 0. The number of nitrogens with two attached hydrogens (primary N) is 1. The Balaban J connectivity index is 1.95. The second kappa shape index (κ2) is 6.85. The minimum atomic E-state index is -0.556. The number of aromatic nitrogens is 1. The Bertz CT molecular complexity index is 610. The maximum absolute atomic E-state index is 10.8. The number of nitrogens with one attached hydrogen (secondary N) is 2. The molecule has 2 aromatic rings. The van der Waals surface area contributed by atoms with Gasteiger partial charge in [-0.1, -0.05) is 18.2 Å². The van der Waals surface area contributed by atoms with Crippen LogP contribution in [-0.2, 0) is 6.54 Å². The third kappa shape index (κ3) is 4.29. The molecule has 1 atom stereocenters. The lowest BCUT2D eigenvalue weighted by Crippen LogP contribution is -2.20. The van der Waals surface area contributed by atoms with E-state index >= 15 is 0 Å². The summed E-state index contributed by atoms with van der Waals surface area (Å²) in [5.41, 5.74) is 9.14. The molecule has 0 bridgehead atoms. The number of benzene rings is 1. The number of carbonyl (C=O) groups is 1. The number of hydrogen-bond donors (Lipinski definition) is 3. The van der Waals surface area contributed by atoms with E-state index in [1.54, 1.807) is 6.20 Å². The van der Waals surface area contributed by atoms with Crippen molar-refractivity contribution in [2.75, 3.05) is 5.32 Å². The van der Waals surface area contributed by atoms with Gasteiger partial charge in [-0.05, 0) is 43.2 Å². The molecule has 1 heterocycles. The SMILES string of the molecule is Cc1cccnc1CNC(C)c1ccc(NC(N)=O)cc1. The van der Waals surface area contributed by atoms with Gasteiger partial charge in [0.15, 0.2) is 0 Å². The van der Waals surface area contributed by atoms with Crippen LogP contribution < -0.4 is 16.4 Å². The third-order valence-electron chi connectivity index (χ3n) is 3.37. The van der Waals surface area contributed by atoms with Crippen molar-refractivity contribution in [1.82, 2.24) is 10.3 Å². The van der Waals surface area contributed by atoms with Gasteiger partial charge in [-0.15, -0.1) is 0 Å². The Morgan fingerprint density at radius 2 is 2.00 bits per heavy atom. The van der Waals surface area contributed by atoms with Crippen LogP contribution in [0.15, 0.2) is 42.6 Å². The summed E-state index contributed by atoms with van der Waals surface area (Å²) in [6.07, 6.45) is 1.80. The van der Waals surface area contributed by atoms with Crippen LogP contribution in [0.1, 0.15) is 29.8 Å². The van der Waals surface area contributed by atoms with Crippen molar-refractivity contribution in [3.05, 3.63) is 59.4 Å². The molecule has 0 saturated heterocycles. The van der Waals surface area contributed by atoms with Crippen molar-refractivity contribution in [1.29, 1.82) is 0 Å². The molecule has 1 aromatic heterocycles. The van der Waals surface area contributed by atoms with Gasteiger partial charge in [-0.3, -0.25) is 4.98 Å². The number of aryl methyl sites for hydroxylation is 1. The standard InChI is InChI=1S/C16H20N4O/c1-11-4-3-9-18-15(11)10-19-12(2)13-5-7-14(8-6-13)20-16(17)21/h3-9,12,19H,10H2,1-2H3,(H3,17,20,21). The van der Waals surface area contributed by atoms with Crippen LogP contribution >= 0.6 is 0 Å². The van der Waals surface area contributed by atoms with Crippen molar-refractivity contribution in [3.63, 3.8) is 0 Å². The Hall–Kier alpha value is -2.40. The molecule has 0 aliphatic carbocycles. The zero-order valence-electron chi connectivity index (χ0n) is 12.3. The van der Waals surface area contributed by atoms with E-state index in [2.05, 4.69) is 35.5 Å². The molecule has 5 nitrogen and oxygen atoms in total. The zero-order valence-corrected chi connectivity index (χ0v) is 12.3. The monoisotopic (exact) mass is 284 g/mol. The van der Waals surface area contributed by atoms with Gasteiger partial charge >= 0.3 is 6.03 Å². The molecule has 0 radical (unpaired) electrons. The van der Waals surface area contributed by atoms with Gasteiger partial charge in [-0.25, -0.2) is 4.79 Å². The lowest BCUT2D eigenvalue weighted by atomic mass is 10.1. The second-order valence-corrected chi connectivity index (χ2v) is 4.98. The summed E-state index contributed by atoms with van der Waals surface area (Å²) in [6, 6.07) is 11.2. The molecule has 0 aliphatic rings. The van der Waals surface area contributed by atoms with E-state index in [0.29, 0.717) is 5.69 Å². The molecule has 2 amide bonds. The highest BCUT2D eigenvalue weighted by Crippen LogP contribution is 2.16. The maximum Gasteiger partial charge on any atom is 0.316 e. The van der Waals surface area contributed by atoms with Crippen molar-refractivity contribution in [2.24, 2.45) is 5.73 Å². The summed E-state index contributed by atoms with van der Waals surface area (Å²) in [5, 5.41) is 5.99. The molecule has 1 unspecified atom stereocenters. The number of carbonyl (C=O) groups excluding carboxylic acids is 1. The molecule has 0 aliphatic heterocycles. The smallest absolute Gasteiger partial charge is 0.316 e. The number of hydrogen-bond acceptors (Lipinski definition) is 3. The van der Waals surface area contributed by atoms with Crippen LogP contribution in [-0.4, -0.2) is 11.0 Å². The summed E-state index contributed by atoms with van der Waals surface area (Å²) >= 11 is 0. The lowest BCUT2D eigenvalue weighted by molar-refractivity contribution is 0.259. The summed E-state index contributed by atoms with van der Waals surface area (Å²) < 4.78 is 0. The van der Waals surface area contributed by atoms with E-state index in [1.165, 1.54) is 5.56 Å². The number of urea groups is 1. The van der Waals surface area contributed by atoms with Crippen LogP contribution in [0.5, 0.6) is 0 Å². The molecule has 0 fully saturated rings. The van der Waals surface area contributed by atoms with Crippen molar-refractivity contribution >= 4 is 11.7 Å². The average molecular weight is 284 g/mol. The molecule has 5 heteroatoms. The molecule has 4 N–H and O–H groups in total. The number of rotatable bonds is 5. The van der Waals surface area contributed by atoms with Crippen LogP contribution in [0.25, 0.3) is 0 Å². The minimum Gasteiger partial charge on any atom is -0.351 e. The summed E-state index contributed by atoms with van der Waals surface area (Å²) in [4.78, 5) is 15.1. The molecular formula is C16H20N4O. The Morgan fingerprint density at radius 1 is 1.29 bits per heavy atom. The fourth-order valence-electron chi connectivity index (χ4n) is 2.07. The lowest BCUT2D eigenvalue weighted by Gasteiger charge is -2.15. The zero-order chi connectivity index (χ0) is 15.2. The van der Waals surface area contributed by atoms with Crippen LogP contribution in [0.3, 0.4) is 0 Å². The topological polar surface area (TPSA) is 80.0 Å². The highest BCUT2D eigenvalue weighted by atomic mass is 16.2. The maximum atomic E-state index is 10.8. The number of primary amides is 1. The Morgan fingerprint density at radius 3 is 2.62 bits per heavy atom. The van der Waals surface area contributed by atoms with Gasteiger partial charge in [0.1, 0.15) is 0 Å². The number of nitrogens with zero attached hydrogens (tertiary/aromatic N) is 1. The van der Waals surface area contributed by atoms with E-state index in [1.807, 2.05) is 30.3 Å². The number of pyridine rings is 1. The van der Waals surface area contributed by atoms with Gasteiger partial charge in [0.2, 0.25) is 0 Å². The Labute approximate surface area is 124 Å². The Kier molecular flexibility index (Phi) is 4.90. The first kappa shape index (κ1) is 15.0. The highest BCUT2D eigenvalue weighted by Gasteiger charge is 2.06. The summed E-state index contributed by atoms with van der Waals surface area (Å²) in [5.74, 6) is 0. The minimum absolute atomic E-state index is 0.189. The van der Waals surface area contributed by atoms with Gasteiger partial charge in [0.25, 0.3) is 0 Å². The summed E-state index contributed by atoms with van der Waals surface area (Å²) in [6.45, 7) is 4.86. The second-order valence-electron chi connectivity index (χ2n) is 4.98. The van der Waals surface area contributed by atoms with Crippen LogP contribution in [0.4, 0.5) is 10.5 Å².